The van der Waals surface area contributed by atoms with E-state index in [1.165, 1.54) is 46.3 Å². The molecule has 0 saturated heterocycles. The Kier molecular flexibility index (Phi) is 6.71. The van der Waals surface area contributed by atoms with Crippen molar-refractivity contribution in [2.45, 2.75) is 32.9 Å². The van der Waals surface area contributed by atoms with Crippen molar-refractivity contribution in [3.63, 3.8) is 0 Å². The van der Waals surface area contributed by atoms with Crippen molar-refractivity contribution < 1.29 is 13.5 Å². The molecule has 0 fully saturated rings. The molecule has 0 aliphatic carbocycles. The molecule has 6 aromatic rings. The van der Waals surface area contributed by atoms with Crippen LogP contribution in [0.3, 0.4) is 0 Å². The molecule has 0 aliphatic rings. The van der Waals surface area contributed by atoms with Crippen LogP contribution in [0.2, 0.25) is 5.15 Å². The molecule has 8 nitrogen and oxygen atoms in total. The van der Waals surface area contributed by atoms with E-state index >= 15 is 0 Å². The van der Waals surface area contributed by atoms with Gasteiger partial charge in [0.25, 0.3) is 5.56 Å². The van der Waals surface area contributed by atoms with Crippen molar-refractivity contribution in [1.82, 2.24) is 24.1 Å². The number of thiazole rings is 1. The molecular weight excluding hydrogens is 570 g/mol. The van der Waals surface area contributed by atoms with Gasteiger partial charge in [0.1, 0.15) is 33.6 Å². The number of benzene rings is 2. The average molecular weight is 593 g/mol. The summed E-state index contributed by atoms with van der Waals surface area (Å²) in [5.74, 6) is -0.754. The first-order valence-corrected chi connectivity index (χ1v) is 13.9. The molecule has 0 unspecified atom stereocenters. The fourth-order valence-electron chi connectivity index (χ4n) is 4.92. The highest BCUT2D eigenvalue weighted by molar-refractivity contribution is 7.16. The van der Waals surface area contributed by atoms with E-state index in [1.807, 2.05) is 26.8 Å². The van der Waals surface area contributed by atoms with E-state index in [0.29, 0.717) is 38.2 Å². The lowest BCUT2D eigenvalue weighted by molar-refractivity contribution is 0.231. The third-order valence-electron chi connectivity index (χ3n) is 6.71. The van der Waals surface area contributed by atoms with Gasteiger partial charge < -0.3 is 10.5 Å². The monoisotopic (exact) mass is 592 g/mol. The third kappa shape index (κ3) is 4.60. The van der Waals surface area contributed by atoms with Crippen LogP contribution < -0.4 is 16.0 Å². The quantitative estimate of drug-likeness (QED) is 0.230. The number of aromatic nitrogens is 5. The van der Waals surface area contributed by atoms with Crippen LogP contribution in [0.1, 0.15) is 32.4 Å². The minimum Gasteiger partial charge on any atom is -0.488 e. The minimum atomic E-state index is -0.592. The molecule has 4 heterocycles. The van der Waals surface area contributed by atoms with E-state index in [1.54, 1.807) is 28.3 Å². The van der Waals surface area contributed by atoms with E-state index < -0.39 is 23.2 Å². The Morgan fingerprint density at radius 2 is 1.85 bits per heavy atom. The normalized spacial score (nSPS) is 12.5. The van der Waals surface area contributed by atoms with Crippen LogP contribution in [0.4, 0.5) is 14.6 Å². The van der Waals surface area contributed by atoms with Gasteiger partial charge in [0.05, 0.1) is 23.1 Å². The highest BCUT2D eigenvalue weighted by atomic mass is 35.5. The Labute approximate surface area is 241 Å². The summed E-state index contributed by atoms with van der Waals surface area (Å²) in [6, 6.07) is 11.6. The number of hydrogen-bond donors (Lipinski definition) is 1. The second-order valence-electron chi connectivity index (χ2n) is 9.76. The lowest BCUT2D eigenvalue weighted by Crippen LogP contribution is -2.20. The molecule has 0 radical (unpaired) electrons. The maximum atomic E-state index is 15.0. The molecule has 41 heavy (non-hydrogen) atoms. The second-order valence-corrected chi connectivity index (χ2v) is 11.0. The summed E-state index contributed by atoms with van der Waals surface area (Å²) >= 11 is 7.65. The topological polar surface area (TPSA) is 100 Å². The summed E-state index contributed by atoms with van der Waals surface area (Å²) in [5.41, 5.74) is 8.32. The Balaban J connectivity index is 1.59. The van der Waals surface area contributed by atoms with E-state index in [2.05, 4.69) is 9.97 Å². The van der Waals surface area contributed by atoms with Gasteiger partial charge in [-0.25, -0.2) is 23.4 Å². The predicted octanol–water partition coefficient (Wildman–Crippen LogP) is 6.75. The molecule has 1 atom stereocenters. The molecule has 2 N–H and O–H groups in total. The van der Waals surface area contributed by atoms with Crippen molar-refractivity contribution in [3.8, 4) is 28.1 Å². The maximum absolute atomic E-state index is 15.0. The SMILES string of the molecule is CC(C)Oc1ccc(-c2nn([C@@H](C)c3cc4scc(Cl)n4c(=O)c3-c3cccc(F)c3)c3ncnc(N)c23)cc1F. The van der Waals surface area contributed by atoms with Gasteiger partial charge in [-0.2, -0.15) is 5.10 Å². The van der Waals surface area contributed by atoms with Crippen LogP contribution in [0, 0.1) is 11.6 Å². The molecule has 2 aromatic carbocycles. The van der Waals surface area contributed by atoms with Gasteiger partial charge in [-0.15, -0.1) is 11.3 Å². The van der Waals surface area contributed by atoms with E-state index in [-0.39, 0.29) is 28.4 Å². The van der Waals surface area contributed by atoms with Gasteiger partial charge in [0.15, 0.2) is 17.2 Å². The summed E-state index contributed by atoms with van der Waals surface area (Å²) in [6.45, 7) is 5.47. The molecule has 12 heteroatoms. The average Bonchev–Trinajstić information content (AvgIpc) is 3.51. The van der Waals surface area contributed by atoms with Gasteiger partial charge in [-0.3, -0.25) is 9.20 Å². The zero-order chi connectivity index (χ0) is 29.0. The highest BCUT2D eigenvalue weighted by Crippen LogP contribution is 2.37. The highest BCUT2D eigenvalue weighted by Gasteiger charge is 2.26. The van der Waals surface area contributed by atoms with Gasteiger partial charge in [-0.1, -0.05) is 23.7 Å². The fourth-order valence-corrected chi connectivity index (χ4v) is 6.07. The number of nitrogen functional groups attached to an aromatic ring is 1. The first kappa shape index (κ1) is 26.9. The Morgan fingerprint density at radius 1 is 1.05 bits per heavy atom. The van der Waals surface area contributed by atoms with Crippen molar-refractivity contribution in [2.75, 3.05) is 5.73 Å². The van der Waals surface area contributed by atoms with Crippen molar-refractivity contribution in [2.24, 2.45) is 0 Å². The number of rotatable bonds is 6. The minimum absolute atomic E-state index is 0.119. The first-order chi connectivity index (χ1) is 19.6. The lowest BCUT2D eigenvalue weighted by Gasteiger charge is -2.18. The zero-order valence-corrected chi connectivity index (χ0v) is 23.7. The molecule has 208 valence electrons. The smallest absolute Gasteiger partial charge is 0.265 e. The molecule has 4 aromatic heterocycles. The number of pyridine rings is 1. The summed E-state index contributed by atoms with van der Waals surface area (Å²) in [5, 5.41) is 7.17. The zero-order valence-electron chi connectivity index (χ0n) is 22.1. The number of hydrogen-bond acceptors (Lipinski definition) is 7. The lowest BCUT2D eigenvalue weighted by atomic mass is 9.97. The van der Waals surface area contributed by atoms with Crippen LogP contribution in [0.5, 0.6) is 5.75 Å². The predicted molar refractivity (Wildman–Crippen MR) is 157 cm³/mol. The Bertz CT molecular complexity index is 2020. The number of nitrogens with two attached hydrogens (primary N) is 1. The van der Waals surface area contributed by atoms with Crippen molar-refractivity contribution in [3.05, 3.63) is 92.9 Å². The van der Waals surface area contributed by atoms with Crippen LogP contribution >= 0.6 is 22.9 Å². The van der Waals surface area contributed by atoms with E-state index in [4.69, 9.17) is 27.2 Å². The molecule has 0 amide bonds. The van der Waals surface area contributed by atoms with Crippen LogP contribution in [-0.4, -0.2) is 30.3 Å². The summed E-state index contributed by atoms with van der Waals surface area (Å²) in [7, 11) is 0. The van der Waals surface area contributed by atoms with Crippen LogP contribution in [0.15, 0.2) is 65.0 Å². The number of ether oxygens (including phenoxy) is 1. The summed E-state index contributed by atoms with van der Waals surface area (Å²) in [4.78, 5) is 23.0. The molecule has 0 bridgehead atoms. The second kappa shape index (κ2) is 10.2. The van der Waals surface area contributed by atoms with Crippen molar-refractivity contribution in [1.29, 1.82) is 0 Å². The summed E-state index contributed by atoms with van der Waals surface area (Å²) in [6.07, 6.45) is 1.11. The standard InChI is InChI=1S/C29H23ClF2N6O2S/c1-14(2)40-21-8-7-17(10-20(21)32)26-25-27(33)34-13-35-28(25)38(36-26)15(3)19-11-23-37(22(30)12-41-23)29(39)24(19)16-5-4-6-18(31)9-16/h4-15H,1-3H3,(H2,33,34,35)/t15-/m0/s1. The molecule has 0 saturated carbocycles. The molecular formula is C29H23ClF2N6O2S. The van der Waals surface area contributed by atoms with Gasteiger partial charge in [0, 0.05) is 10.9 Å². The first-order valence-electron chi connectivity index (χ1n) is 12.7. The van der Waals surface area contributed by atoms with Crippen LogP contribution in [-0.2, 0) is 0 Å². The summed E-state index contributed by atoms with van der Waals surface area (Å²) < 4.78 is 37.9. The maximum Gasteiger partial charge on any atom is 0.265 e. The van der Waals surface area contributed by atoms with Crippen molar-refractivity contribution >= 4 is 44.6 Å². The number of halogens is 3. The number of anilines is 1. The molecule has 6 rings (SSSR count). The van der Waals surface area contributed by atoms with Gasteiger partial charge in [-0.05, 0) is 68.3 Å². The number of nitrogens with zero attached hydrogens (tertiary/aromatic N) is 5. The molecule has 0 aliphatic heterocycles. The largest absolute Gasteiger partial charge is 0.488 e. The Hall–Kier alpha value is -4.35. The fraction of sp³-hybridized carbons (Fsp3) is 0.172. The van der Waals surface area contributed by atoms with Gasteiger partial charge in [0.2, 0.25) is 0 Å². The van der Waals surface area contributed by atoms with Gasteiger partial charge >= 0.3 is 0 Å². The van der Waals surface area contributed by atoms with Crippen LogP contribution in [0.25, 0.3) is 38.2 Å². The van der Waals surface area contributed by atoms with E-state index in [9.17, 15) is 13.6 Å². The Morgan fingerprint density at radius 3 is 2.59 bits per heavy atom. The number of fused-ring (bicyclic) bond motifs is 2. The molecule has 0 spiro atoms. The third-order valence-corrected chi connectivity index (χ3v) is 8.00. The van der Waals surface area contributed by atoms with E-state index in [0.717, 1.165) is 0 Å².